The second-order valence-corrected chi connectivity index (χ2v) is 8.01. The van der Waals surface area contributed by atoms with Crippen LogP contribution in [-0.4, -0.2) is 45.2 Å². The van der Waals surface area contributed by atoms with Crippen molar-refractivity contribution in [2.45, 2.75) is 42.5 Å². The number of likely N-dealkylation sites (tertiary alicyclic amines) is 1. The number of carbonyl (C=O) groups excluding carboxylic acids is 1. The Morgan fingerprint density at radius 3 is 2.79 bits per heavy atom. The number of nitrogens with zero attached hydrogens (tertiary/aromatic N) is 3. The molecule has 1 aliphatic rings. The van der Waals surface area contributed by atoms with Crippen molar-refractivity contribution in [3.05, 3.63) is 53.9 Å². The lowest BCUT2D eigenvalue weighted by atomic mass is 10.2. The molecular weight excluding hydrogens is 389 g/mol. The Labute approximate surface area is 165 Å². The van der Waals surface area contributed by atoms with Crippen molar-refractivity contribution in [2.75, 3.05) is 13.1 Å². The van der Waals surface area contributed by atoms with Crippen LogP contribution in [0.15, 0.2) is 47.8 Å². The van der Waals surface area contributed by atoms with Gasteiger partial charge in [-0.2, -0.15) is 13.2 Å². The van der Waals surface area contributed by atoms with Crippen LogP contribution in [-0.2, 0) is 17.5 Å². The molecule has 5 nitrogen and oxygen atoms in total. The molecule has 2 unspecified atom stereocenters. The first-order valence-corrected chi connectivity index (χ1v) is 9.83. The van der Waals surface area contributed by atoms with Gasteiger partial charge in [0.2, 0.25) is 5.91 Å². The molecule has 1 N–H and O–H groups in total. The maximum Gasteiger partial charge on any atom is 0.433 e. The van der Waals surface area contributed by atoms with Gasteiger partial charge in [0.15, 0.2) is 5.16 Å². The van der Waals surface area contributed by atoms with E-state index in [-0.39, 0.29) is 17.1 Å². The Bertz CT molecular complexity index is 803. The molecule has 0 radical (unpaired) electrons. The van der Waals surface area contributed by atoms with Gasteiger partial charge in [0.1, 0.15) is 5.69 Å². The number of hydrogen-bond acceptors (Lipinski definition) is 5. The monoisotopic (exact) mass is 410 g/mol. The topological polar surface area (TPSA) is 58.1 Å². The Morgan fingerprint density at radius 1 is 1.32 bits per heavy atom. The predicted molar refractivity (Wildman–Crippen MR) is 101 cm³/mol. The lowest BCUT2D eigenvalue weighted by Gasteiger charge is -2.18. The lowest BCUT2D eigenvalue weighted by Crippen LogP contribution is -2.40. The van der Waals surface area contributed by atoms with E-state index in [1.807, 2.05) is 18.2 Å². The third kappa shape index (κ3) is 5.68. The highest BCUT2D eigenvalue weighted by atomic mass is 32.2. The maximum absolute atomic E-state index is 12.7. The first kappa shape index (κ1) is 20.6. The minimum atomic E-state index is -4.53. The van der Waals surface area contributed by atoms with Crippen molar-refractivity contribution >= 4 is 17.7 Å². The number of thioether (sulfide) groups is 1. The molecule has 3 rings (SSSR count). The summed E-state index contributed by atoms with van der Waals surface area (Å²) in [7, 11) is 0. The van der Waals surface area contributed by atoms with E-state index in [0.717, 1.165) is 50.1 Å². The van der Waals surface area contributed by atoms with E-state index in [2.05, 4.69) is 32.3 Å². The van der Waals surface area contributed by atoms with Gasteiger partial charge in [-0.05, 0) is 25.0 Å². The fourth-order valence-corrected chi connectivity index (χ4v) is 3.79. The van der Waals surface area contributed by atoms with Gasteiger partial charge in [0, 0.05) is 31.9 Å². The van der Waals surface area contributed by atoms with Crippen LogP contribution in [0, 0.1) is 0 Å². The zero-order valence-electron chi connectivity index (χ0n) is 15.3. The molecule has 2 aromatic rings. The summed E-state index contributed by atoms with van der Waals surface area (Å²) in [5.41, 5.74) is 0.213. The molecule has 0 aliphatic carbocycles. The summed E-state index contributed by atoms with van der Waals surface area (Å²) in [6, 6.07) is 11.0. The normalized spacial score (nSPS) is 18.8. The van der Waals surface area contributed by atoms with Gasteiger partial charge >= 0.3 is 6.18 Å². The fourth-order valence-electron chi connectivity index (χ4n) is 3.02. The second kappa shape index (κ2) is 8.91. The summed E-state index contributed by atoms with van der Waals surface area (Å²) in [5.74, 6) is -0.224. The van der Waals surface area contributed by atoms with Crippen LogP contribution in [0.3, 0.4) is 0 Å². The summed E-state index contributed by atoms with van der Waals surface area (Å²) in [4.78, 5) is 22.0. The van der Waals surface area contributed by atoms with Gasteiger partial charge < -0.3 is 5.32 Å². The third-order valence-electron chi connectivity index (χ3n) is 4.44. The van der Waals surface area contributed by atoms with Crippen molar-refractivity contribution in [2.24, 2.45) is 0 Å². The van der Waals surface area contributed by atoms with E-state index < -0.39 is 17.1 Å². The largest absolute Gasteiger partial charge is 0.433 e. The highest BCUT2D eigenvalue weighted by molar-refractivity contribution is 8.00. The average Bonchev–Trinajstić information content (AvgIpc) is 3.09. The number of hydrogen-bond donors (Lipinski definition) is 1. The summed E-state index contributed by atoms with van der Waals surface area (Å²) in [5, 5.41) is 2.33. The quantitative estimate of drug-likeness (QED) is 0.585. The third-order valence-corrected chi connectivity index (χ3v) is 5.42. The van der Waals surface area contributed by atoms with Gasteiger partial charge in [-0.15, -0.1) is 0 Å². The molecule has 1 fully saturated rings. The number of aromatic nitrogens is 2. The molecule has 0 bridgehead atoms. The summed E-state index contributed by atoms with van der Waals surface area (Å²) >= 11 is 0.921. The Balaban J connectivity index is 1.50. The molecule has 2 heterocycles. The number of amides is 1. The minimum absolute atomic E-state index is 0.0293. The van der Waals surface area contributed by atoms with E-state index in [1.54, 1.807) is 6.92 Å². The number of nitrogens with one attached hydrogen (secondary N) is 1. The Kier molecular flexibility index (Phi) is 6.56. The van der Waals surface area contributed by atoms with Gasteiger partial charge in [-0.3, -0.25) is 9.69 Å². The lowest BCUT2D eigenvalue weighted by molar-refractivity contribution is -0.141. The number of carbonyl (C=O) groups is 1. The van der Waals surface area contributed by atoms with Crippen LogP contribution in [0.5, 0.6) is 0 Å². The summed E-state index contributed by atoms with van der Waals surface area (Å²) in [6.07, 6.45) is -2.63. The van der Waals surface area contributed by atoms with E-state index in [9.17, 15) is 18.0 Å². The minimum Gasteiger partial charge on any atom is -0.351 e. The smallest absolute Gasteiger partial charge is 0.351 e. The summed E-state index contributed by atoms with van der Waals surface area (Å²) in [6.45, 7) is 4.10. The molecule has 1 aliphatic heterocycles. The Morgan fingerprint density at radius 2 is 2.07 bits per heavy atom. The molecule has 0 spiro atoms. The van der Waals surface area contributed by atoms with Crippen molar-refractivity contribution in [1.29, 1.82) is 0 Å². The first-order chi connectivity index (χ1) is 13.3. The molecule has 1 aromatic heterocycles. The van der Waals surface area contributed by atoms with Crippen LogP contribution < -0.4 is 5.32 Å². The molecule has 1 amide bonds. The number of benzene rings is 1. The van der Waals surface area contributed by atoms with E-state index in [1.165, 1.54) is 5.56 Å². The maximum atomic E-state index is 12.7. The van der Waals surface area contributed by atoms with Crippen LogP contribution in [0.4, 0.5) is 13.2 Å². The molecule has 0 saturated carbocycles. The highest BCUT2D eigenvalue weighted by Gasteiger charge is 2.33. The fraction of sp³-hybridized carbons (Fsp3) is 0.421. The molecule has 1 aromatic carbocycles. The van der Waals surface area contributed by atoms with E-state index in [0.29, 0.717) is 0 Å². The zero-order valence-corrected chi connectivity index (χ0v) is 16.1. The number of rotatable bonds is 6. The van der Waals surface area contributed by atoms with Gasteiger partial charge in [-0.25, -0.2) is 9.97 Å². The van der Waals surface area contributed by atoms with Crippen molar-refractivity contribution in [3.8, 4) is 0 Å². The molecule has 9 heteroatoms. The highest BCUT2D eigenvalue weighted by Crippen LogP contribution is 2.29. The van der Waals surface area contributed by atoms with Crippen molar-refractivity contribution in [3.63, 3.8) is 0 Å². The molecule has 1 saturated heterocycles. The number of alkyl halides is 3. The SMILES string of the molecule is CC(Sc1nccc(C(F)(F)F)n1)C(=O)NC1CCN(Cc2ccccc2)C1. The standard InChI is InChI=1S/C19H21F3N4OS/c1-13(28-18-23-9-7-16(25-18)19(20,21)22)17(27)24-15-8-10-26(12-15)11-14-5-3-2-4-6-14/h2-7,9,13,15H,8,10-12H2,1H3,(H,24,27). The molecular formula is C19H21F3N4OS. The van der Waals surface area contributed by atoms with Gasteiger partial charge in [0.05, 0.1) is 5.25 Å². The van der Waals surface area contributed by atoms with Gasteiger partial charge in [-0.1, -0.05) is 42.1 Å². The van der Waals surface area contributed by atoms with Crippen molar-refractivity contribution in [1.82, 2.24) is 20.2 Å². The second-order valence-electron chi connectivity index (χ2n) is 6.70. The van der Waals surface area contributed by atoms with Crippen LogP contribution >= 0.6 is 11.8 Å². The zero-order chi connectivity index (χ0) is 20.1. The Hall–Kier alpha value is -2.13. The molecule has 150 valence electrons. The van der Waals surface area contributed by atoms with Crippen LogP contribution in [0.2, 0.25) is 0 Å². The predicted octanol–water partition coefficient (Wildman–Crippen LogP) is 3.37. The van der Waals surface area contributed by atoms with E-state index >= 15 is 0 Å². The molecule has 2 atom stereocenters. The summed E-state index contributed by atoms with van der Waals surface area (Å²) < 4.78 is 38.2. The van der Waals surface area contributed by atoms with E-state index in [4.69, 9.17) is 0 Å². The average molecular weight is 410 g/mol. The van der Waals surface area contributed by atoms with Crippen LogP contribution in [0.25, 0.3) is 0 Å². The first-order valence-electron chi connectivity index (χ1n) is 8.95. The van der Waals surface area contributed by atoms with Crippen molar-refractivity contribution < 1.29 is 18.0 Å². The van der Waals surface area contributed by atoms with Crippen LogP contribution in [0.1, 0.15) is 24.6 Å². The van der Waals surface area contributed by atoms with Gasteiger partial charge in [0.25, 0.3) is 0 Å². The molecule has 28 heavy (non-hydrogen) atoms. The number of halogens is 3.